The van der Waals surface area contributed by atoms with Crippen molar-refractivity contribution >= 4 is 0 Å². The molecule has 0 aromatic rings. The van der Waals surface area contributed by atoms with Gasteiger partial charge in [-0.25, -0.2) is 0 Å². The molecular weight excluding hydrogens is 300 g/mol. The first kappa shape index (κ1) is 21.0. The summed E-state index contributed by atoms with van der Waals surface area (Å²) in [5.41, 5.74) is 2.75. The Bertz CT molecular complexity index is 417. The van der Waals surface area contributed by atoms with E-state index < -0.39 is 0 Å². The SMILES string of the molecule is C=C(C)C1C(C)C(C)(CCCCCCC(C)C2(CCCC)CC2)C1C. The molecule has 0 spiro atoms. The van der Waals surface area contributed by atoms with Crippen molar-refractivity contribution in [1.82, 2.24) is 0 Å². The Labute approximate surface area is 159 Å². The quantitative estimate of drug-likeness (QED) is 0.246. The molecule has 0 saturated heterocycles. The number of rotatable bonds is 12. The van der Waals surface area contributed by atoms with Gasteiger partial charge in [0.25, 0.3) is 0 Å². The molecule has 0 aromatic heterocycles. The predicted molar refractivity (Wildman–Crippen MR) is 113 cm³/mol. The second-order valence-corrected chi connectivity index (χ2v) is 10.3. The third-order valence-corrected chi connectivity index (χ3v) is 8.80. The number of unbranched alkanes of at least 4 members (excludes halogenated alkanes) is 4. The van der Waals surface area contributed by atoms with Gasteiger partial charge in [-0.15, -0.1) is 0 Å². The van der Waals surface area contributed by atoms with E-state index in [4.69, 9.17) is 0 Å². The van der Waals surface area contributed by atoms with Crippen molar-refractivity contribution in [3.63, 3.8) is 0 Å². The van der Waals surface area contributed by atoms with Crippen LogP contribution >= 0.6 is 0 Å². The lowest BCUT2D eigenvalue weighted by Crippen LogP contribution is -2.52. The summed E-state index contributed by atoms with van der Waals surface area (Å²) in [6.45, 7) is 18.8. The predicted octanol–water partition coefficient (Wildman–Crippen LogP) is 8.42. The minimum absolute atomic E-state index is 0.565. The van der Waals surface area contributed by atoms with Crippen LogP contribution in [0.1, 0.15) is 112 Å². The summed E-state index contributed by atoms with van der Waals surface area (Å²) < 4.78 is 0. The highest BCUT2D eigenvalue weighted by Gasteiger charge is 2.53. The summed E-state index contributed by atoms with van der Waals surface area (Å²) in [7, 11) is 0. The Balaban J connectivity index is 1.59. The van der Waals surface area contributed by atoms with Crippen LogP contribution in [0.25, 0.3) is 0 Å². The molecule has 3 atom stereocenters. The number of hydrogen-bond acceptors (Lipinski definition) is 0. The molecule has 2 aliphatic carbocycles. The summed E-state index contributed by atoms with van der Waals surface area (Å²) in [6, 6.07) is 0. The molecule has 0 radical (unpaired) electrons. The Morgan fingerprint density at radius 3 is 2.12 bits per heavy atom. The third-order valence-electron chi connectivity index (χ3n) is 8.80. The molecule has 0 amide bonds. The molecule has 0 N–H and O–H groups in total. The highest BCUT2D eigenvalue weighted by Crippen LogP contribution is 2.60. The second kappa shape index (κ2) is 8.62. The fourth-order valence-corrected chi connectivity index (χ4v) is 6.15. The molecule has 25 heavy (non-hydrogen) atoms. The first-order valence-corrected chi connectivity index (χ1v) is 11.4. The zero-order valence-corrected chi connectivity index (χ0v) is 18.3. The lowest BCUT2D eigenvalue weighted by atomic mass is 9.46. The van der Waals surface area contributed by atoms with E-state index in [0.717, 1.165) is 29.1 Å². The molecule has 2 aliphatic rings. The van der Waals surface area contributed by atoms with Crippen LogP contribution in [0.5, 0.6) is 0 Å². The molecule has 0 heteroatoms. The van der Waals surface area contributed by atoms with Gasteiger partial charge < -0.3 is 0 Å². The summed E-state index contributed by atoms with van der Waals surface area (Å²) in [5.74, 6) is 3.39. The average molecular weight is 347 g/mol. The van der Waals surface area contributed by atoms with Gasteiger partial charge in [-0.1, -0.05) is 91.7 Å². The van der Waals surface area contributed by atoms with Crippen molar-refractivity contribution in [1.29, 1.82) is 0 Å². The van der Waals surface area contributed by atoms with Crippen molar-refractivity contribution in [2.45, 2.75) is 112 Å². The zero-order chi connectivity index (χ0) is 18.7. The topological polar surface area (TPSA) is 0 Å². The monoisotopic (exact) mass is 346 g/mol. The summed E-state index contributed by atoms with van der Waals surface area (Å²) in [6.07, 6.45) is 16.1. The van der Waals surface area contributed by atoms with E-state index in [1.54, 1.807) is 0 Å². The first-order chi connectivity index (χ1) is 11.8. The van der Waals surface area contributed by atoms with E-state index >= 15 is 0 Å². The molecule has 2 rings (SSSR count). The van der Waals surface area contributed by atoms with E-state index in [0.29, 0.717) is 5.41 Å². The fourth-order valence-electron chi connectivity index (χ4n) is 6.15. The molecule has 0 aromatic carbocycles. The van der Waals surface area contributed by atoms with Crippen molar-refractivity contribution in [3.8, 4) is 0 Å². The maximum Gasteiger partial charge on any atom is -0.0147 e. The molecule has 3 unspecified atom stereocenters. The van der Waals surface area contributed by atoms with Crippen LogP contribution in [0, 0.1) is 34.5 Å². The molecule has 0 bridgehead atoms. The minimum Gasteiger partial charge on any atom is -0.0998 e. The van der Waals surface area contributed by atoms with Crippen LogP contribution in [0.15, 0.2) is 12.2 Å². The largest absolute Gasteiger partial charge is 0.0998 e. The molecule has 2 fully saturated rings. The summed E-state index contributed by atoms with van der Waals surface area (Å²) in [4.78, 5) is 0. The van der Waals surface area contributed by atoms with Gasteiger partial charge in [0.1, 0.15) is 0 Å². The van der Waals surface area contributed by atoms with Crippen molar-refractivity contribution in [2.75, 3.05) is 0 Å². The van der Waals surface area contributed by atoms with Crippen LogP contribution in [-0.2, 0) is 0 Å². The van der Waals surface area contributed by atoms with E-state index in [2.05, 4.69) is 48.1 Å². The fraction of sp³-hybridized carbons (Fsp3) is 0.920. The number of allylic oxidation sites excluding steroid dienone is 1. The Morgan fingerprint density at radius 1 is 1.00 bits per heavy atom. The standard InChI is InChI=1S/C25H46/c1-8-9-16-25(17-18-25)20(4)14-12-10-11-13-15-24(7)21(5)23(19(2)3)22(24)6/h20-23H,2,8-18H2,1,3-7H3. The van der Waals surface area contributed by atoms with Crippen molar-refractivity contribution in [3.05, 3.63) is 12.2 Å². The smallest absolute Gasteiger partial charge is 0.0147 e. The van der Waals surface area contributed by atoms with Crippen molar-refractivity contribution < 1.29 is 0 Å². The maximum atomic E-state index is 4.22. The number of hydrogen-bond donors (Lipinski definition) is 0. The van der Waals surface area contributed by atoms with Gasteiger partial charge in [-0.3, -0.25) is 0 Å². The van der Waals surface area contributed by atoms with Crippen molar-refractivity contribution in [2.24, 2.45) is 34.5 Å². The lowest BCUT2D eigenvalue weighted by Gasteiger charge is -2.59. The van der Waals surface area contributed by atoms with E-state index in [1.165, 1.54) is 76.2 Å². The average Bonchev–Trinajstić information content (AvgIpc) is 3.36. The van der Waals surface area contributed by atoms with Gasteiger partial charge in [-0.05, 0) is 67.1 Å². The van der Waals surface area contributed by atoms with Gasteiger partial charge in [0.2, 0.25) is 0 Å². The van der Waals surface area contributed by atoms with Crippen LogP contribution in [0.3, 0.4) is 0 Å². The molecule has 0 heterocycles. The Hall–Kier alpha value is -0.260. The van der Waals surface area contributed by atoms with Gasteiger partial charge >= 0.3 is 0 Å². The normalized spacial score (nSPS) is 34.4. The molecule has 0 nitrogen and oxygen atoms in total. The lowest BCUT2D eigenvalue weighted by molar-refractivity contribution is -0.0783. The molecule has 146 valence electrons. The van der Waals surface area contributed by atoms with Crippen LogP contribution in [-0.4, -0.2) is 0 Å². The third kappa shape index (κ3) is 4.54. The first-order valence-electron chi connectivity index (χ1n) is 11.4. The van der Waals surface area contributed by atoms with Gasteiger partial charge in [0, 0.05) is 0 Å². The maximum absolute atomic E-state index is 4.22. The van der Waals surface area contributed by atoms with E-state index in [-0.39, 0.29) is 0 Å². The van der Waals surface area contributed by atoms with Gasteiger partial charge in [0.15, 0.2) is 0 Å². The molecule has 2 saturated carbocycles. The highest BCUT2D eigenvalue weighted by molar-refractivity contribution is 5.14. The van der Waals surface area contributed by atoms with Crippen LogP contribution in [0.4, 0.5) is 0 Å². The second-order valence-electron chi connectivity index (χ2n) is 10.3. The highest BCUT2D eigenvalue weighted by atomic mass is 14.6. The van der Waals surface area contributed by atoms with E-state index in [1.807, 2.05) is 0 Å². The van der Waals surface area contributed by atoms with Gasteiger partial charge in [0.05, 0.1) is 0 Å². The van der Waals surface area contributed by atoms with Crippen LogP contribution in [0.2, 0.25) is 0 Å². The molecular formula is C25H46. The Morgan fingerprint density at radius 2 is 1.60 bits per heavy atom. The molecule has 0 aliphatic heterocycles. The van der Waals surface area contributed by atoms with E-state index in [9.17, 15) is 0 Å². The van der Waals surface area contributed by atoms with Gasteiger partial charge in [-0.2, -0.15) is 0 Å². The zero-order valence-electron chi connectivity index (χ0n) is 18.3. The Kier molecular flexibility index (Phi) is 7.26. The summed E-state index contributed by atoms with van der Waals surface area (Å²) in [5, 5.41) is 0. The summed E-state index contributed by atoms with van der Waals surface area (Å²) >= 11 is 0. The van der Waals surface area contributed by atoms with Crippen LogP contribution < -0.4 is 0 Å². The minimum atomic E-state index is 0.565.